The Labute approximate surface area is 166 Å². The molecule has 0 atom stereocenters. The smallest absolute Gasteiger partial charge is 0.282 e. The van der Waals surface area contributed by atoms with Crippen molar-refractivity contribution in [3.63, 3.8) is 0 Å². The van der Waals surface area contributed by atoms with E-state index < -0.39 is 11.8 Å². The van der Waals surface area contributed by atoms with E-state index in [1.54, 1.807) is 24.3 Å². The normalized spacial score (nSPS) is 13.4. The second-order valence-corrected chi connectivity index (χ2v) is 6.90. The Hall–Kier alpha value is -2.95. The highest BCUT2D eigenvalue weighted by molar-refractivity contribution is 6.21. The molecule has 0 spiro atoms. The van der Waals surface area contributed by atoms with Crippen molar-refractivity contribution in [2.45, 2.75) is 45.4 Å². The van der Waals surface area contributed by atoms with Gasteiger partial charge in [0, 0.05) is 0 Å². The molecule has 0 unspecified atom stereocenters. The molecule has 2 aromatic carbocycles. The summed E-state index contributed by atoms with van der Waals surface area (Å²) in [5.41, 5.74) is 1.58. The van der Waals surface area contributed by atoms with Gasteiger partial charge in [-0.05, 0) is 48.4 Å². The van der Waals surface area contributed by atoms with Crippen molar-refractivity contribution >= 4 is 18.0 Å². The Morgan fingerprint density at radius 3 is 2.11 bits per heavy atom. The number of carbonyl (C=O) groups excluding carboxylic acids is 2. The maximum absolute atomic E-state index is 12.3. The van der Waals surface area contributed by atoms with E-state index in [2.05, 4.69) is 12.0 Å². The van der Waals surface area contributed by atoms with Crippen LogP contribution in [0.1, 0.15) is 71.7 Å². The lowest BCUT2D eigenvalue weighted by atomic mass is 10.1. The number of ether oxygens (including phenoxy) is 1. The molecule has 1 aliphatic heterocycles. The molecule has 2 amide bonds. The zero-order chi connectivity index (χ0) is 19.8. The fraction of sp³-hybridized carbons (Fsp3) is 0.348. The SMILES string of the molecule is CCCCCCCCOc1ccc(C=NN2C(=O)c3ccccc3C2=O)cc1. The molecule has 0 saturated carbocycles. The van der Waals surface area contributed by atoms with Crippen LogP contribution < -0.4 is 4.74 Å². The summed E-state index contributed by atoms with van der Waals surface area (Å²) >= 11 is 0. The van der Waals surface area contributed by atoms with E-state index in [0.29, 0.717) is 17.7 Å². The number of nitrogens with zero attached hydrogens (tertiary/aromatic N) is 2. The maximum atomic E-state index is 12.3. The third-order valence-corrected chi connectivity index (χ3v) is 4.74. The fourth-order valence-electron chi connectivity index (χ4n) is 3.13. The van der Waals surface area contributed by atoms with Crippen molar-refractivity contribution in [2.24, 2.45) is 5.10 Å². The van der Waals surface area contributed by atoms with Gasteiger partial charge in [0.05, 0.1) is 23.9 Å². The molecule has 146 valence electrons. The number of fused-ring (bicyclic) bond motifs is 1. The Morgan fingerprint density at radius 2 is 1.46 bits per heavy atom. The summed E-state index contributed by atoms with van der Waals surface area (Å²) in [6.07, 6.45) is 8.92. The van der Waals surface area contributed by atoms with Crippen molar-refractivity contribution < 1.29 is 14.3 Å². The van der Waals surface area contributed by atoms with Gasteiger partial charge in [-0.2, -0.15) is 10.1 Å². The molecular formula is C23H26N2O3. The molecule has 0 bridgehead atoms. The Balaban J connectivity index is 1.48. The predicted molar refractivity (Wildman–Crippen MR) is 110 cm³/mol. The van der Waals surface area contributed by atoms with E-state index >= 15 is 0 Å². The summed E-state index contributed by atoms with van der Waals surface area (Å²) in [4.78, 5) is 24.6. The van der Waals surface area contributed by atoms with E-state index in [1.165, 1.54) is 38.3 Å². The first-order valence-electron chi connectivity index (χ1n) is 9.95. The number of imide groups is 1. The average Bonchev–Trinajstić information content (AvgIpc) is 2.97. The number of carbonyl (C=O) groups is 2. The van der Waals surface area contributed by atoms with Crippen molar-refractivity contribution in [1.82, 2.24) is 5.01 Å². The lowest BCUT2D eigenvalue weighted by Crippen LogP contribution is -2.23. The second kappa shape index (κ2) is 9.83. The van der Waals surface area contributed by atoms with Gasteiger partial charge in [0.1, 0.15) is 5.75 Å². The highest BCUT2D eigenvalue weighted by atomic mass is 16.5. The first-order valence-corrected chi connectivity index (χ1v) is 9.95. The van der Waals surface area contributed by atoms with E-state index in [9.17, 15) is 9.59 Å². The van der Waals surface area contributed by atoms with Crippen LogP contribution in [0.25, 0.3) is 0 Å². The number of rotatable bonds is 10. The van der Waals surface area contributed by atoms with Crippen LogP contribution in [-0.2, 0) is 0 Å². The molecule has 0 aliphatic carbocycles. The van der Waals surface area contributed by atoms with Crippen LogP contribution in [0.4, 0.5) is 0 Å². The first kappa shape index (κ1) is 19.8. The summed E-state index contributed by atoms with van der Waals surface area (Å²) in [5, 5.41) is 4.99. The molecule has 3 rings (SSSR count). The van der Waals surface area contributed by atoms with Gasteiger partial charge in [-0.3, -0.25) is 9.59 Å². The maximum Gasteiger partial charge on any atom is 0.282 e. The van der Waals surface area contributed by atoms with E-state index in [0.717, 1.165) is 22.7 Å². The standard InChI is InChI=1S/C23H26N2O3/c1-2-3-4-5-6-9-16-28-19-14-12-18(13-15-19)17-24-25-22(26)20-10-7-8-11-21(20)23(25)27/h7-8,10-15,17H,2-6,9,16H2,1H3. The molecule has 28 heavy (non-hydrogen) atoms. The molecule has 2 aromatic rings. The Bertz CT molecular complexity index is 808. The summed E-state index contributed by atoms with van der Waals surface area (Å²) in [5.74, 6) is 0.0259. The van der Waals surface area contributed by atoms with Gasteiger partial charge < -0.3 is 4.74 Å². The Morgan fingerprint density at radius 1 is 0.857 bits per heavy atom. The lowest BCUT2D eigenvalue weighted by molar-refractivity contribution is 0.0660. The van der Waals surface area contributed by atoms with Crippen LogP contribution in [0.15, 0.2) is 53.6 Å². The number of hydrogen-bond acceptors (Lipinski definition) is 4. The number of hydrazone groups is 1. The van der Waals surface area contributed by atoms with Crippen LogP contribution in [0, 0.1) is 0 Å². The lowest BCUT2D eigenvalue weighted by Gasteiger charge is -2.07. The van der Waals surface area contributed by atoms with Crippen LogP contribution >= 0.6 is 0 Å². The molecule has 1 heterocycles. The number of hydrogen-bond donors (Lipinski definition) is 0. The molecule has 0 N–H and O–H groups in total. The molecule has 0 fully saturated rings. The van der Waals surface area contributed by atoms with Crippen LogP contribution in [0.3, 0.4) is 0 Å². The summed E-state index contributed by atoms with van der Waals surface area (Å²) in [6.45, 7) is 2.94. The van der Waals surface area contributed by atoms with Crippen molar-refractivity contribution in [3.8, 4) is 5.75 Å². The highest BCUT2D eigenvalue weighted by Gasteiger charge is 2.35. The molecule has 1 aliphatic rings. The van der Waals surface area contributed by atoms with Gasteiger partial charge in [0.15, 0.2) is 0 Å². The molecular weight excluding hydrogens is 352 g/mol. The van der Waals surface area contributed by atoms with Crippen LogP contribution in [-0.4, -0.2) is 29.6 Å². The van der Waals surface area contributed by atoms with Crippen LogP contribution in [0.5, 0.6) is 5.75 Å². The van der Waals surface area contributed by atoms with Gasteiger partial charge >= 0.3 is 0 Å². The molecule has 0 aromatic heterocycles. The van der Waals surface area contributed by atoms with Gasteiger partial charge in [-0.15, -0.1) is 0 Å². The van der Waals surface area contributed by atoms with Crippen molar-refractivity contribution in [3.05, 3.63) is 65.2 Å². The monoisotopic (exact) mass is 378 g/mol. The largest absolute Gasteiger partial charge is 0.494 e. The molecule has 0 radical (unpaired) electrons. The van der Waals surface area contributed by atoms with E-state index in [4.69, 9.17) is 4.74 Å². The third-order valence-electron chi connectivity index (χ3n) is 4.74. The minimum Gasteiger partial charge on any atom is -0.494 e. The van der Waals surface area contributed by atoms with Crippen molar-refractivity contribution in [2.75, 3.05) is 6.61 Å². The molecule has 5 nitrogen and oxygen atoms in total. The number of unbranched alkanes of at least 4 members (excludes halogenated alkanes) is 5. The quantitative estimate of drug-likeness (QED) is 0.330. The summed E-state index contributed by atoms with van der Waals surface area (Å²) in [6, 6.07) is 14.2. The summed E-state index contributed by atoms with van der Waals surface area (Å²) < 4.78 is 5.76. The Kier molecular flexibility index (Phi) is 6.95. The van der Waals surface area contributed by atoms with Gasteiger partial charge in [0.25, 0.3) is 11.8 Å². The van der Waals surface area contributed by atoms with Gasteiger partial charge in [-0.1, -0.05) is 51.2 Å². The summed E-state index contributed by atoms with van der Waals surface area (Å²) in [7, 11) is 0. The minimum atomic E-state index is -0.393. The zero-order valence-corrected chi connectivity index (χ0v) is 16.3. The number of benzene rings is 2. The van der Waals surface area contributed by atoms with Crippen LogP contribution in [0.2, 0.25) is 0 Å². The highest BCUT2D eigenvalue weighted by Crippen LogP contribution is 2.22. The average molecular weight is 378 g/mol. The van der Waals surface area contributed by atoms with E-state index in [1.807, 2.05) is 24.3 Å². The number of amides is 2. The zero-order valence-electron chi connectivity index (χ0n) is 16.3. The second-order valence-electron chi connectivity index (χ2n) is 6.90. The fourth-order valence-corrected chi connectivity index (χ4v) is 3.13. The van der Waals surface area contributed by atoms with Gasteiger partial charge in [-0.25, -0.2) is 0 Å². The topological polar surface area (TPSA) is 59.0 Å². The molecule has 5 heteroatoms. The van der Waals surface area contributed by atoms with Gasteiger partial charge in [0.2, 0.25) is 0 Å². The molecule has 0 saturated heterocycles. The van der Waals surface area contributed by atoms with E-state index in [-0.39, 0.29) is 0 Å². The predicted octanol–water partition coefficient (Wildman–Crippen LogP) is 5.06. The van der Waals surface area contributed by atoms with Crippen molar-refractivity contribution in [1.29, 1.82) is 0 Å². The minimum absolute atomic E-state index is 0.392. The first-order chi connectivity index (χ1) is 13.7. The third kappa shape index (κ3) is 4.85.